The number of halogens is 2. The van der Waals surface area contributed by atoms with Crippen LogP contribution < -0.4 is 15.4 Å². The number of nitrogens with one attached hydrogen (secondary N) is 2. The van der Waals surface area contributed by atoms with Crippen LogP contribution in [0.25, 0.3) is 0 Å². The van der Waals surface area contributed by atoms with E-state index in [4.69, 9.17) is 40.2 Å². The maximum Gasteiger partial charge on any atom is 0.176 e. The molecule has 8 heteroatoms. The number of ether oxygens (including phenoxy) is 1. The second kappa shape index (κ2) is 8.61. The molecule has 0 unspecified atom stereocenters. The smallest absolute Gasteiger partial charge is 0.176 e. The normalized spacial score (nSPS) is 10.5. The van der Waals surface area contributed by atoms with E-state index in [1.807, 2.05) is 54.1 Å². The van der Waals surface area contributed by atoms with Gasteiger partial charge in [-0.05, 0) is 49.0 Å². The average Bonchev–Trinajstić information content (AvgIpc) is 2.96. The Morgan fingerprint density at radius 2 is 1.96 bits per heavy atom. The molecule has 2 aromatic carbocycles. The van der Waals surface area contributed by atoms with Gasteiger partial charge in [0.1, 0.15) is 5.75 Å². The first-order chi connectivity index (χ1) is 12.9. The Morgan fingerprint density at radius 1 is 1.15 bits per heavy atom. The van der Waals surface area contributed by atoms with Crippen molar-refractivity contribution in [1.82, 2.24) is 9.78 Å². The van der Waals surface area contributed by atoms with Gasteiger partial charge in [-0.25, -0.2) is 0 Å². The van der Waals surface area contributed by atoms with E-state index in [9.17, 15) is 0 Å². The summed E-state index contributed by atoms with van der Waals surface area (Å²) in [6, 6.07) is 14.9. The largest absolute Gasteiger partial charge is 0.497 e. The number of rotatable bonds is 5. The third-order valence-corrected chi connectivity index (χ3v) is 4.68. The van der Waals surface area contributed by atoms with Gasteiger partial charge in [0.05, 0.1) is 13.7 Å². The lowest BCUT2D eigenvalue weighted by molar-refractivity contribution is 0.415. The molecule has 0 radical (unpaired) electrons. The van der Waals surface area contributed by atoms with Gasteiger partial charge in [-0.15, -0.1) is 0 Å². The third kappa shape index (κ3) is 5.13. The minimum atomic E-state index is 0.442. The molecule has 0 fully saturated rings. The summed E-state index contributed by atoms with van der Waals surface area (Å²) >= 11 is 17.6. The summed E-state index contributed by atoms with van der Waals surface area (Å²) < 4.78 is 7.06. The number of nitrogens with zero attached hydrogens (tertiary/aromatic N) is 2. The highest BCUT2D eigenvalue weighted by atomic mass is 35.5. The molecule has 0 aliphatic carbocycles. The molecule has 140 valence electrons. The second-order valence-corrected chi connectivity index (χ2v) is 7.13. The van der Waals surface area contributed by atoms with Gasteiger partial charge in [0.2, 0.25) is 0 Å². The van der Waals surface area contributed by atoms with Crippen molar-refractivity contribution < 1.29 is 4.74 Å². The van der Waals surface area contributed by atoms with Crippen LogP contribution in [0.2, 0.25) is 10.0 Å². The van der Waals surface area contributed by atoms with Gasteiger partial charge in [-0.2, -0.15) is 5.10 Å². The maximum atomic E-state index is 6.26. The van der Waals surface area contributed by atoms with Crippen LogP contribution in [0.15, 0.2) is 48.5 Å². The monoisotopic (exact) mass is 420 g/mol. The van der Waals surface area contributed by atoms with E-state index in [0.717, 1.165) is 22.7 Å². The molecule has 5 nitrogen and oxygen atoms in total. The standard InChI is InChI=1S/C19H18Cl2N4OS/c1-12-8-18(23-19(27)22-15-4-3-5-16(10-15)26-2)24-25(12)11-13-6-7-14(20)9-17(13)21/h3-10H,11H2,1-2H3,(H2,22,23,24,27). The topological polar surface area (TPSA) is 51.1 Å². The summed E-state index contributed by atoms with van der Waals surface area (Å²) in [6.07, 6.45) is 0. The Kier molecular flexibility index (Phi) is 6.21. The fraction of sp³-hybridized carbons (Fsp3) is 0.158. The van der Waals surface area contributed by atoms with Gasteiger partial charge < -0.3 is 15.4 Å². The first-order valence-corrected chi connectivity index (χ1v) is 9.31. The predicted molar refractivity (Wildman–Crippen MR) is 115 cm³/mol. The number of aryl methyl sites for hydroxylation is 1. The van der Waals surface area contributed by atoms with Crippen molar-refractivity contribution >= 4 is 52.0 Å². The van der Waals surface area contributed by atoms with Crippen molar-refractivity contribution in [3.63, 3.8) is 0 Å². The van der Waals surface area contributed by atoms with E-state index >= 15 is 0 Å². The molecule has 0 bridgehead atoms. The zero-order valence-corrected chi connectivity index (χ0v) is 17.1. The molecule has 0 amide bonds. The quantitative estimate of drug-likeness (QED) is 0.543. The van der Waals surface area contributed by atoms with E-state index in [-0.39, 0.29) is 0 Å². The second-order valence-electron chi connectivity index (χ2n) is 5.88. The van der Waals surface area contributed by atoms with Crippen molar-refractivity contribution in [2.75, 3.05) is 17.7 Å². The molecule has 1 heterocycles. The summed E-state index contributed by atoms with van der Waals surface area (Å²) in [5, 5.41) is 12.4. The minimum Gasteiger partial charge on any atom is -0.497 e. The maximum absolute atomic E-state index is 6.26. The average molecular weight is 421 g/mol. The lowest BCUT2D eigenvalue weighted by atomic mass is 10.2. The summed E-state index contributed by atoms with van der Waals surface area (Å²) in [4.78, 5) is 0. The van der Waals surface area contributed by atoms with E-state index in [1.54, 1.807) is 13.2 Å². The van der Waals surface area contributed by atoms with Crippen molar-refractivity contribution in [3.8, 4) is 5.75 Å². The van der Waals surface area contributed by atoms with Gasteiger partial charge >= 0.3 is 0 Å². The minimum absolute atomic E-state index is 0.442. The molecule has 0 saturated heterocycles. The van der Waals surface area contributed by atoms with E-state index < -0.39 is 0 Å². The first kappa shape index (κ1) is 19.5. The number of benzene rings is 2. The Labute approximate surface area is 173 Å². The van der Waals surface area contributed by atoms with Gasteiger partial charge in [-0.1, -0.05) is 35.3 Å². The SMILES string of the molecule is COc1cccc(NC(=S)Nc2cc(C)n(Cc3ccc(Cl)cc3Cl)n2)c1. The molecule has 0 spiro atoms. The molecule has 2 N–H and O–H groups in total. The number of aromatic nitrogens is 2. The van der Waals surface area contributed by atoms with Crippen LogP contribution in [-0.4, -0.2) is 22.0 Å². The van der Waals surface area contributed by atoms with Gasteiger partial charge in [-0.3, -0.25) is 4.68 Å². The highest BCUT2D eigenvalue weighted by molar-refractivity contribution is 7.80. The lowest BCUT2D eigenvalue weighted by Crippen LogP contribution is -2.19. The van der Waals surface area contributed by atoms with E-state index in [2.05, 4.69) is 15.7 Å². The van der Waals surface area contributed by atoms with Crippen molar-refractivity contribution in [3.05, 3.63) is 69.8 Å². The number of hydrogen-bond acceptors (Lipinski definition) is 3. The fourth-order valence-electron chi connectivity index (χ4n) is 2.52. The molecule has 0 aliphatic rings. The van der Waals surface area contributed by atoms with E-state index in [1.165, 1.54) is 0 Å². The van der Waals surface area contributed by atoms with Crippen molar-refractivity contribution in [2.45, 2.75) is 13.5 Å². The molecule has 0 saturated carbocycles. The number of anilines is 2. The van der Waals surface area contributed by atoms with Crippen LogP contribution >= 0.6 is 35.4 Å². The molecular formula is C19H18Cl2N4OS. The van der Waals surface area contributed by atoms with Gasteiger partial charge in [0.25, 0.3) is 0 Å². The Bertz CT molecular complexity index is 974. The number of thiocarbonyl (C=S) groups is 1. The number of methoxy groups -OCH3 is 1. The summed E-state index contributed by atoms with van der Waals surface area (Å²) in [5.74, 6) is 1.40. The summed E-state index contributed by atoms with van der Waals surface area (Å²) in [7, 11) is 1.62. The van der Waals surface area contributed by atoms with Crippen LogP contribution in [0.3, 0.4) is 0 Å². The molecule has 1 aromatic heterocycles. The van der Waals surface area contributed by atoms with Crippen LogP contribution in [0.1, 0.15) is 11.3 Å². The zero-order chi connectivity index (χ0) is 19.4. The predicted octanol–water partition coefficient (Wildman–Crippen LogP) is 5.36. The highest BCUT2D eigenvalue weighted by Crippen LogP contribution is 2.23. The zero-order valence-electron chi connectivity index (χ0n) is 14.8. The number of hydrogen-bond donors (Lipinski definition) is 2. The lowest BCUT2D eigenvalue weighted by Gasteiger charge is -2.10. The first-order valence-electron chi connectivity index (χ1n) is 8.15. The molecule has 27 heavy (non-hydrogen) atoms. The van der Waals surface area contributed by atoms with Crippen LogP contribution in [0.5, 0.6) is 5.75 Å². The van der Waals surface area contributed by atoms with Crippen molar-refractivity contribution in [1.29, 1.82) is 0 Å². The fourth-order valence-corrected chi connectivity index (χ4v) is 3.21. The molecule has 3 aromatic rings. The van der Waals surface area contributed by atoms with Gasteiger partial charge in [0.15, 0.2) is 10.9 Å². The van der Waals surface area contributed by atoms with Crippen molar-refractivity contribution in [2.24, 2.45) is 0 Å². The Balaban J connectivity index is 1.67. The Morgan fingerprint density at radius 3 is 2.70 bits per heavy atom. The third-order valence-electron chi connectivity index (χ3n) is 3.89. The molecule has 0 aliphatic heterocycles. The molecule has 0 atom stereocenters. The summed E-state index contributed by atoms with van der Waals surface area (Å²) in [5.41, 5.74) is 2.75. The van der Waals surface area contributed by atoms with Crippen LogP contribution in [0.4, 0.5) is 11.5 Å². The van der Waals surface area contributed by atoms with E-state index in [0.29, 0.717) is 27.5 Å². The van der Waals surface area contributed by atoms with Crippen LogP contribution in [-0.2, 0) is 6.54 Å². The van der Waals surface area contributed by atoms with Gasteiger partial charge in [0, 0.05) is 33.6 Å². The highest BCUT2D eigenvalue weighted by Gasteiger charge is 2.09. The molecule has 3 rings (SSSR count). The molecular weight excluding hydrogens is 403 g/mol. The Hall–Kier alpha value is -2.28. The van der Waals surface area contributed by atoms with Crippen LogP contribution in [0, 0.1) is 6.92 Å². The summed E-state index contributed by atoms with van der Waals surface area (Å²) in [6.45, 7) is 2.51.